The van der Waals surface area contributed by atoms with Crippen molar-refractivity contribution in [3.63, 3.8) is 0 Å². The van der Waals surface area contributed by atoms with Gasteiger partial charge in [0.05, 0.1) is 11.4 Å². The summed E-state index contributed by atoms with van der Waals surface area (Å²) >= 11 is 0. The lowest BCUT2D eigenvalue weighted by Gasteiger charge is -2.49. The van der Waals surface area contributed by atoms with Crippen molar-refractivity contribution in [1.29, 1.82) is 0 Å². The maximum Gasteiger partial charge on any atom is 0.0985 e. The molecule has 2 heteroatoms. The predicted octanol–water partition coefficient (Wildman–Crippen LogP) is 5.81. The second kappa shape index (κ2) is 7.03. The van der Waals surface area contributed by atoms with Crippen molar-refractivity contribution in [3.05, 3.63) is 84.3 Å². The van der Waals surface area contributed by atoms with Crippen LogP contribution in [-0.2, 0) is 5.54 Å². The van der Waals surface area contributed by atoms with E-state index in [0.29, 0.717) is 5.92 Å². The molecule has 3 rings (SSSR count). The van der Waals surface area contributed by atoms with E-state index in [-0.39, 0.29) is 5.54 Å². The van der Waals surface area contributed by atoms with Crippen LogP contribution in [0, 0.1) is 12.8 Å². The second-order valence-corrected chi connectivity index (χ2v) is 7.62. The third-order valence-electron chi connectivity index (χ3n) is 5.73. The molecule has 1 aliphatic rings. The average Bonchev–Trinajstić information content (AvgIpc) is 2.64. The van der Waals surface area contributed by atoms with Crippen LogP contribution < -0.4 is 5.32 Å². The summed E-state index contributed by atoms with van der Waals surface area (Å²) in [5, 5.41) is 3.68. The van der Waals surface area contributed by atoms with Gasteiger partial charge in [-0.25, -0.2) is 0 Å². The van der Waals surface area contributed by atoms with E-state index in [9.17, 15) is 0 Å². The number of aryl methyl sites for hydroxylation is 1. The summed E-state index contributed by atoms with van der Waals surface area (Å²) in [6, 6.07) is 17.6. The SMILES string of the molecule is C=C1N[C@](C)(c2cccc(-c3cccc(C)c3)c2)[C@@H](CCC)C(=C)N1C. The van der Waals surface area contributed by atoms with E-state index in [2.05, 4.69) is 92.7 Å². The summed E-state index contributed by atoms with van der Waals surface area (Å²) < 4.78 is 0. The standard InChI is InChI=1S/C24H30N2/c1-7-10-23-18(3)26(6)19(4)25-24(23,5)22-14-9-13-21(16-22)20-12-8-11-17(2)15-20/h8-9,11-16,23,25H,3-4,7,10H2,1-2,5-6H3/t23-,24+/m0/s1. The quantitative estimate of drug-likeness (QED) is 0.751. The van der Waals surface area contributed by atoms with E-state index in [1.807, 2.05) is 7.05 Å². The van der Waals surface area contributed by atoms with Crippen LogP contribution in [0.5, 0.6) is 0 Å². The minimum atomic E-state index is -0.212. The Morgan fingerprint density at radius 2 is 1.73 bits per heavy atom. The Bertz CT molecular complexity index is 836. The molecular formula is C24H30N2. The summed E-state index contributed by atoms with van der Waals surface area (Å²) in [6.07, 6.45) is 2.22. The molecule has 2 nitrogen and oxygen atoms in total. The number of benzene rings is 2. The highest BCUT2D eigenvalue weighted by Crippen LogP contribution is 2.43. The van der Waals surface area contributed by atoms with Gasteiger partial charge in [0, 0.05) is 18.7 Å². The number of nitrogens with zero attached hydrogens (tertiary/aromatic N) is 1. The van der Waals surface area contributed by atoms with Crippen LogP contribution in [0.4, 0.5) is 0 Å². The van der Waals surface area contributed by atoms with Crippen LogP contribution in [-0.4, -0.2) is 11.9 Å². The third kappa shape index (κ3) is 3.16. The van der Waals surface area contributed by atoms with Gasteiger partial charge in [0.15, 0.2) is 0 Å². The molecular weight excluding hydrogens is 316 g/mol. The van der Waals surface area contributed by atoms with Crippen LogP contribution in [0.15, 0.2) is 73.2 Å². The number of nitrogens with one attached hydrogen (secondary N) is 1. The van der Waals surface area contributed by atoms with Gasteiger partial charge in [-0.3, -0.25) is 0 Å². The first-order chi connectivity index (χ1) is 12.4. The fourth-order valence-corrected chi connectivity index (χ4v) is 4.07. The zero-order valence-electron chi connectivity index (χ0n) is 16.5. The van der Waals surface area contributed by atoms with Crippen LogP contribution in [0.1, 0.15) is 37.8 Å². The van der Waals surface area contributed by atoms with Gasteiger partial charge in [-0.05, 0) is 43.0 Å². The molecule has 0 saturated carbocycles. The molecule has 0 aromatic heterocycles. The zero-order chi connectivity index (χ0) is 18.9. The Morgan fingerprint density at radius 3 is 2.38 bits per heavy atom. The Kier molecular flexibility index (Phi) is 4.95. The van der Waals surface area contributed by atoms with Gasteiger partial charge < -0.3 is 10.2 Å². The Hall–Kier alpha value is -2.48. The topological polar surface area (TPSA) is 15.3 Å². The zero-order valence-corrected chi connectivity index (χ0v) is 16.5. The summed E-state index contributed by atoms with van der Waals surface area (Å²) in [7, 11) is 2.04. The molecule has 26 heavy (non-hydrogen) atoms. The molecule has 1 heterocycles. The van der Waals surface area contributed by atoms with E-state index in [1.165, 1.54) is 22.3 Å². The summed E-state index contributed by atoms with van der Waals surface area (Å²) in [5.41, 5.74) is 6.00. The molecule has 136 valence electrons. The lowest BCUT2D eigenvalue weighted by Crippen LogP contribution is -2.54. The first-order valence-electron chi connectivity index (χ1n) is 9.44. The number of rotatable bonds is 4. The fraction of sp³-hybridized carbons (Fsp3) is 0.333. The maximum atomic E-state index is 4.38. The molecule has 1 saturated heterocycles. The van der Waals surface area contributed by atoms with Gasteiger partial charge >= 0.3 is 0 Å². The van der Waals surface area contributed by atoms with Crippen molar-refractivity contribution in [3.8, 4) is 11.1 Å². The van der Waals surface area contributed by atoms with Gasteiger partial charge in [0.2, 0.25) is 0 Å². The molecule has 0 unspecified atom stereocenters. The van der Waals surface area contributed by atoms with Crippen LogP contribution in [0.2, 0.25) is 0 Å². The molecule has 0 amide bonds. The first-order valence-corrected chi connectivity index (χ1v) is 9.44. The van der Waals surface area contributed by atoms with Gasteiger partial charge in [-0.2, -0.15) is 0 Å². The minimum Gasteiger partial charge on any atom is -0.362 e. The van der Waals surface area contributed by atoms with Gasteiger partial charge in [0.25, 0.3) is 0 Å². The number of hydrogen-bond acceptors (Lipinski definition) is 2. The minimum absolute atomic E-state index is 0.212. The molecule has 0 aliphatic carbocycles. The Morgan fingerprint density at radius 1 is 1.08 bits per heavy atom. The van der Waals surface area contributed by atoms with Crippen LogP contribution >= 0.6 is 0 Å². The molecule has 2 aromatic carbocycles. The highest BCUT2D eigenvalue weighted by atomic mass is 15.3. The van der Waals surface area contributed by atoms with Crippen molar-refractivity contribution < 1.29 is 0 Å². The molecule has 2 atom stereocenters. The lowest BCUT2D eigenvalue weighted by molar-refractivity contribution is 0.173. The van der Waals surface area contributed by atoms with Crippen molar-refractivity contribution in [2.45, 2.75) is 39.2 Å². The van der Waals surface area contributed by atoms with E-state index >= 15 is 0 Å². The van der Waals surface area contributed by atoms with Crippen molar-refractivity contribution in [2.24, 2.45) is 5.92 Å². The number of hydrogen-bond donors (Lipinski definition) is 1. The highest BCUT2D eigenvalue weighted by Gasteiger charge is 2.42. The molecule has 2 aromatic rings. The Labute approximate surface area is 158 Å². The van der Waals surface area contributed by atoms with E-state index in [4.69, 9.17) is 0 Å². The summed E-state index contributed by atoms with van der Waals surface area (Å²) in [5.74, 6) is 1.24. The summed E-state index contributed by atoms with van der Waals surface area (Å²) in [6.45, 7) is 15.2. The van der Waals surface area contributed by atoms with Crippen LogP contribution in [0.25, 0.3) is 11.1 Å². The van der Waals surface area contributed by atoms with Gasteiger partial charge in [0.1, 0.15) is 0 Å². The Balaban J connectivity index is 2.07. The monoisotopic (exact) mass is 346 g/mol. The lowest BCUT2D eigenvalue weighted by atomic mass is 9.73. The normalized spacial score (nSPS) is 23.1. The molecule has 0 radical (unpaired) electrons. The fourth-order valence-electron chi connectivity index (χ4n) is 4.07. The molecule has 1 aliphatic heterocycles. The predicted molar refractivity (Wildman–Crippen MR) is 112 cm³/mol. The van der Waals surface area contributed by atoms with E-state index in [0.717, 1.165) is 24.4 Å². The van der Waals surface area contributed by atoms with Gasteiger partial charge in [-0.1, -0.05) is 74.5 Å². The van der Waals surface area contributed by atoms with Crippen molar-refractivity contribution >= 4 is 0 Å². The largest absolute Gasteiger partial charge is 0.362 e. The summed E-state index contributed by atoms with van der Waals surface area (Å²) in [4.78, 5) is 2.09. The highest BCUT2D eigenvalue weighted by molar-refractivity contribution is 5.65. The van der Waals surface area contributed by atoms with Crippen molar-refractivity contribution in [2.75, 3.05) is 7.05 Å². The van der Waals surface area contributed by atoms with Gasteiger partial charge in [-0.15, -0.1) is 0 Å². The smallest absolute Gasteiger partial charge is 0.0985 e. The third-order valence-corrected chi connectivity index (χ3v) is 5.73. The maximum absolute atomic E-state index is 4.38. The molecule has 0 bridgehead atoms. The van der Waals surface area contributed by atoms with Crippen molar-refractivity contribution in [1.82, 2.24) is 10.2 Å². The first kappa shape index (κ1) is 18.3. The average molecular weight is 347 g/mol. The molecule has 0 spiro atoms. The molecule has 1 fully saturated rings. The van der Waals surface area contributed by atoms with E-state index < -0.39 is 0 Å². The second-order valence-electron chi connectivity index (χ2n) is 7.62. The molecule has 1 N–H and O–H groups in total. The van der Waals surface area contributed by atoms with Crippen LogP contribution in [0.3, 0.4) is 0 Å². The van der Waals surface area contributed by atoms with E-state index in [1.54, 1.807) is 0 Å².